The van der Waals surface area contributed by atoms with Crippen LogP contribution in [0.1, 0.15) is 32.6 Å². The third kappa shape index (κ3) is 3.69. The van der Waals surface area contributed by atoms with Crippen LogP contribution in [0, 0.1) is 11.3 Å². The highest BCUT2D eigenvalue weighted by molar-refractivity contribution is 6.35. The minimum absolute atomic E-state index is 0.00761. The summed E-state index contributed by atoms with van der Waals surface area (Å²) in [4.78, 5) is 40.2. The molecule has 4 aliphatic rings. The van der Waals surface area contributed by atoms with Crippen molar-refractivity contribution < 1.29 is 19.1 Å². The lowest BCUT2D eigenvalue weighted by atomic mass is 9.85. The van der Waals surface area contributed by atoms with Crippen molar-refractivity contribution in [2.75, 3.05) is 45.9 Å². The Morgan fingerprint density at radius 1 is 1.26 bits per heavy atom. The quantitative estimate of drug-likeness (QED) is 0.623. The number of likely N-dealkylation sites (tertiary alicyclic amines) is 2. The van der Waals surface area contributed by atoms with Crippen LogP contribution in [0.25, 0.3) is 0 Å². The minimum atomic E-state index is -0.529. The smallest absolute Gasteiger partial charge is 0.312 e. The second-order valence-electron chi connectivity index (χ2n) is 8.64. The van der Waals surface area contributed by atoms with Crippen LogP contribution < -0.4 is 10.6 Å². The Morgan fingerprint density at radius 2 is 2.11 bits per heavy atom. The van der Waals surface area contributed by atoms with E-state index in [0.717, 1.165) is 45.4 Å². The molecule has 4 aliphatic heterocycles. The number of nitrogens with one attached hydrogen (secondary N) is 2. The van der Waals surface area contributed by atoms with Gasteiger partial charge in [-0.2, -0.15) is 0 Å². The number of nitrogens with zero attached hydrogens (tertiary/aromatic N) is 2. The van der Waals surface area contributed by atoms with E-state index in [0.29, 0.717) is 26.2 Å². The molecule has 4 heterocycles. The summed E-state index contributed by atoms with van der Waals surface area (Å²) in [6.45, 7) is 6.67. The normalized spacial score (nSPS) is 35.5. The van der Waals surface area contributed by atoms with Gasteiger partial charge in [0.2, 0.25) is 5.91 Å². The van der Waals surface area contributed by atoms with E-state index >= 15 is 0 Å². The summed E-state index contributed by atoms with van der Waals surface area (Å²) in [5, 5.41) is 6.17. The second-order valence-corrected chi connectivity index (χ2v) is 8.64. The van der Waals surface area contributed by atoms with Gasteiger partial charge in [0, 0.05) is 51.1 Å². The van der Waals surface area contributed by atoms with E-state index < -0.39 is 11.8 Å². The molecule has 2 unspecified atom stereocenters. The fourth-order valence-electron chi connectivity index (χ4n) is 5.25. The number of rotatable bonds is 2. The Balaban J connectivity index is 1.26. The van der Waals surface area contributed by atoms with Crippen molar-refractivity contribution in [2.24, 2.45) is 11.3 Å². The lowest BCUT2D eigenvalue weighted by Gasteiger charge is -2.37. The number of ether oxygens (including phenoxy) is 1. The summed E-state index contributed by atoms with van der Waals surface area (Å²) in [6, 6.07) is 0.0782. The van der Waals surface area contributed by atoms with Gasteiger partial charge < -0.3 is 25.2 Å². The standard InChI is InChI=1S/C19H30N4O4/c1-13(24)22-6-3-16-14(10-22)2-7-23(16)18(26)17(25)21-9-15-8-19(12-27-15)4-5-20-11-19/h14-16,20H,2-12H2,1H3,(H,21,25)/t14-,15?,16+,19?/m0/s1. The number of piperidine rings is 1. The molecule has 150 valence electrons. The van der Waals surface area contributed by atoms with Gasteiger partial charge >= 0.3 is 11.8 Å². The zero-order valence-corrected chi connectivity index (χ0v) is 16.0. The monoisotopic (exact) mass is 378 g/mol. The maximum atomic E-state index is 12.7. The average Bonchev–Trinajstić information content (AvgIpc) is 3.39. The lowest BCUT2D eigenvalue weighted by Crippen LogP contribution is -2.52. The Morgan fingerprint density at radius 3 is 2.85 bits per heavy atom. The summed E-state index contributed by atoms with van der Waals surface area (Å²) >= 11 is 0. The van der Waals surface area contributed by atoms with E-state index in [1.165, 1.54) is 0 Å². The van der Waals surface area contributed by atoms with Gasteiger partial charge in [-0.1, -0.05) is 0 Å². The van der Waals surface area contributed by atoms with Gasteiger partial charge in [-0.25, -0.2) is 0 Å². The van der Waals surface area contributed by atoms with E-state index in [-0.39, 0.29) is 29.4 Å². The molecule has 8 heteroatoms. The van der Waals surface area contributed by atoms with Crippen molar-refractivity contribution in [3.05, 3.63) is 0 Å². The highest BCUT2D eigenvalue weighted by Gasteiger charge is 2.44. The molecular weight excluding hydrogens is 348 g/mol. The van der Waals surface area contributed by atoms with Gasteiger partial charge in [0.1, 0.15) is 0 Å². The first-order valence-electron chi connectivity index (χ1n) is 10.1. The largest absolute Gasteiger partial charge is 0.376 e. The molecule has 0 aromatic rings. The fraction of sp³-hybridized carbons (Fsp3) is 0.842. The van der Waals surface area contributed by atoms with Crippen LogP contribution >= 0.6 is 0 Å². The Hall–Kier alpha value is -1.67. The number of fused-ring (bicyclic) bond motifs is 1. The van der Waals surface area contributed by atoms with Crippen LogP contribution in [0.15, 0.2) is 0 Å². The van der Waals surface area contributed by atoms with Crippen molar-refractivity contribution in [1.29, 1.82) is 0 Å². The maximum absolute atomic E-state index is 12.7. The molecule has 4 atom stereocenters. The van der Waals surface area contributed by atoms with E-state index in [2.05, 4.69) is 10.6 Å². The van der Waals surface area contributed by atoms with E-state index in [1.807, 2.05) is 4.90 Å². The van der Waals surface area contributed by atoms with Gasteiger partial charge in [-0.05, 0) is 38.1 Å². The first kappa shape index (κ1) is 18.7. The molecule has 8 nitrogen and oxygen atoms in total. The fourth-order valence-corrected chi connectivity index (χ4v) is 5.25. The van der Waals surface area contributed by atoms with Crippen LogP contribution in [0.5, 0.6) is 0 Å². The number of hydrogen-bond acceptors (Lipinski definition) is 5. The molecule has 27 heavy (non-hydrogen) atoms. The van der Waals surface area contributed by atoms with Gasteiger partial charge in [-0.15, -0.1) is 0 Å². The highest BCUT2D eigenvalue weighted by Crippen LogP contribution is 2.37. The van der Waals surface area contributed by atoms with Crippen molar-refractivity contribution in [1.82, 2.24) is 20.4 Å². The van der Waals surface area contributed by atoms with Crippen molar-refractivity contribution in [3.8, 4) is 0 Å². The summed E-state index contributed by atoms with van der Waals surface area (Å²) in [6.07, 6.45) is 3.65. The Kier molecular flexibility index (Phi) is 5.11. The van der Waals surface area contributed by atoms with Crippen LogP contribution in [0.3, 0.4) is 0 Å². The molecule has 0 aromatic heterocycles. The molecule has 0 radical (unpaired) electrons. The van der Waals surface area contributed by atoms with Gasteiger partial charge in [0.05, 0.1) is 12.7 Å². The van der Waals surface area contributed by atoms with Crippen LogP contribution in [-0.2, 0) is 19.1 Å². The predicted molar refractivity (Wildman–Crippen MR) is 97.8 cm³/mol. The number of hydrogen-bond donors (Lipinski definition) is 2. The SMILES string of the molecule is CC(=O)N1CC[C@@H]2[C@@H](CCN2C(=O)C(=O)NCC2CC3(CCNC3)CO2)C1. The topological polar surface area (TPSA) is 91.0 Å². The summed E-state index contributed by atoms with van der Waals surface area (Å²) in [5.74, 6) is -0.595. The van der Waals surface area contributed by atoms with Crippen LogP contribution in [-0.4, -0.2) is 85.5 Å². The second kappa shape index (κ2) is 7.39. The molecule has 2 N–H and O–H groups in total. The average molecular weight is 378 g/mol. The molecule has 4 rings (SSSR count). The van der Waals surface area contributed by atoms with Crippen molar-refractivity contribution >= 4 is 17.7 Å². The van der Waals surface area contributed by atoms with Gasteiger partial charge in [0.15, 0.2) is 0 Å². The van der Waals surface area contributed by atoms with E-state index in [9.17, 15) is 14.4 Å². The molecule has 0 aliphatic carbocycles. The Labute approximate surface area is 160 Å². The summed E-state index contributed by atoms with van der Waals surface area (Å²) < 4.78 is 5.85. The lowest BCUT2D eigenvalue weighted by molar-refractivity contribution is -0.147. The van der Waals surface area contributed by atoms with Gasteiger partial charge in [-0.3, -0.25) is 14.4 Å². The molecule has 0 saturated carbocycles. The highest BCUT2D eigenvalue weighted by atomic mass is 16.5. The minimum Gasteiger partial charge on any atom is -0.376 e. The van der Waals surface area contributed by atoms with Gasteiger partial charge in [0.25, 0.3) is 0 Å². The van der Waals surface area contributed by atoms with Crippen LogP contribution in [0.4, 0.5) is 0 Å². The Bertz CT molecular complexity index is 619. The maximum Gasteiger partial charge on any atom is 0.312 e. The number of carbonyl (C=O) groups is 3. The number of amides is 3. The zero-order valence-electron chi connectivity index (χ0n) is 16.0. The molecular formula is C19H30N4O4. The molecule has 0 bridgehead atoms. The third-order valence-electron chi connectivity index (χ3n) is 6.84. The van der Waals surface area contributed by atoms with Crippen molar-refractivity contribution in [2.45, 2.75) is 44.8 Å². The number of carbonyl (C=O) groups excluding carboxylic acids is 3. The predicted octanol–water partition coefficient (Wildman–Crippen LogP) is -0.659. The molecule has 0 aromatic carbocycles. The first-order chi connectivity index (χ1) is 13.0. The van der Waals surface area contributed by atoms with E-state index in [4.69, 9.17) is 4.74 Å². The summed E-state index contributed by atoms with van der Waals surface area (Å²) in [7, 11) is 0. The van der Waals surface area contributed by atoms with E-state index in [1.54, 1.807) is 11.8 Å². The van der Waals surface area contributed by atoms with Crippen LogP contribution in [0.2, 0.25) is 0 Å². The summed E-state index contributed by atoms with van der Waals surface area (Å²) in [5.41, 5.74) is 0.215. The first-order valence-corrected chi connectivity index (χ1v) is 10.1. The molecule has 1 spiro atoms. The van der Waals surface area contributed by atoms with Crippen molar-refractivity contribution in [3.63, 3.8) is 0 Å². The zero-order chi connectivity index (χ0) is 19.0. The molecule has 4 fully saturated rings. The third-order valence-corrected chi connectivity index (χ3v) is 6.84. The molecule has 3 amide bonds. The molecule has 4 saturated heterocycles.